The second-order valence-electron chi connectivity index (χ2n) is 12.0. The molecule has 0 aliphatic heterocycles. The molecular weight excluding hydrogens is 488 g/mol. The van der Waals surface area contributed by atoms with Crippen LogP contribution in [0.5, 0.6) is 0 Å². The number of benzene rings is 2. The third kappa shape index (κ3) is 6.30. The fraction of sp³-hybridized carbons (Fsp3) is 0.469. The molecule has 1 aliphatic rings. The van der Waals surface area contributed by atoms with Crippen LogP contribution in [0.4, 0.5) is 0 Å². The Balaban J connectivity index is 1.54. The normalized spacial score (nSPS) is 16.1. The Hall–Kier alpha value is -2.67. The number of methoxy groups -OCH3 is 1. The van der Waals surface area contributed by atoms with Crippen LogP contribution in [-0.2, 0) is 26.9 Å². The average Bonchev–Trinajstić information content (AvgIpc) is 3.44. The van der Waals surface area contributed by atoms with Crippen molar-refractivity contribution in [2.24, 2.45) is 0 Å². The number of fused-ring (bicyclic) bond motifs is 2. The van der Waals surface area contributed by atoms with E-state index in [2.05, 4.69) is 98.9 Å². The van der Waals surface area contributed by atoms with Crippen molar-refractivity contribution in [3.05, 3.63) is 77.0 Å². The van der Waals surface area contributed by atoms with Crippen molar-refractivity contribution in [3.8, 4) is 0 Å². The molecule has 0 fully saturated rings. The first-order valence-electron chi connectivity index (χ1n) is 13.8. The van der Waals surface area contributed by atoms with E-state index in [1.165, 1.54) is 40.8 Å². The fourth-order valence-electron chi connectivity index (χ4n) is 5.24. The second kappa shape index (κ2) is 11.6. The molecule has 38 heavy (non-hydrogen) atoms. The number of esters is 1. The molecule has 0 radical (unpaired) electrons. The van der Waals surface area contributed by atoms with Crippen LogP contribution < -0.4 is 0 Å². The van der Waals surface area contributed by atoms with Crippen LogP contribution in [0.1, 0.15) is 55.5 Å². The van der Waals surface area contributed by atoms with Gasteiger partial charge in [0.2, 0.25) is 0 Å². The summed E-state index contributed by atoms with van der Waals surface area (Å²) in [6.45, 7) is 17.4. The van der Waals surface area contributed by atoms with Crippen LogP contribution in [-0.4, -0.2) is 50.6 Å². The molecule has 1 unspecified atom stereocenters. The molecule has 0 amide bonds. The van der Waals surface area contributed by atoms with Crippen molar-refractivity contribution in [1.82, 2.24) is 9.47 Å². The first kappa shape index (κ1) is 28.3. The maximum Gasteiger partial charge on any atom is 0.330 e. The highest BCUT2D eigenvalue weighted by Crippen LogP contribution is 2.38. The first-order valence-corrected chi connectivity index (χ1v) is 16.7. The van der Waals surface area contributed by atoms with Gasteiger partial charge in [-0.2, -0.15) is 0 Å². The molecule has 6 heteroatoms. The minimum absolute atomic E-state index is 0.202. The average molecular weight is 533 g/mol. The molecule has 0 saturated carbocycles. The van der Waals surface area contributed by atoms with Crippen LogP contribution in [0.2, 0.25) is 18.1 Å². The zero-order valence-corrected chi connectivity index (χ0v) is 25.2. The minimum Gasteiger partial charge on any atom is -0.466 e. The number of rotatable bonds is 10. The summed E-state index contributed by atoms with van der Waals surface area (Å²) in [6.07, 6.45) is 7.76. The maximum atomic E-state index is 11.5. The van der Waals surface area contributed by atoms with Gasteiger partial charge in [0.15, 0.2) is 8.32 Å². The molecule has 1 aliphatic carbocycles. The van der Waals surface area contributed by atoms with E-state index in [1.807, 2.05) is 6.08 Å². The molecule has 0 N–H and O–H groups in total. The number of hydrogen-bond donors (Lipinski definition) is 0. The molecule has 0 bridgehead atoms. The number of hydrogen-bond acceptors (Lipinski definition) is 4. The molecule has 0 saturated heterocycles. The van der Waals surface area contributed by atoms with Gasteiger partial charge >= 0.3 is 5.97 Å². The lowest BCUT2D eigenvalue weighted by Crippen LogP contribution is -2.43. The molecule has 5 nitrogen and oxygen atoms in total. The molecule has 3 aromatic rings. The molecule has 0 spiro atoms. The highest BCUT2D eigenvalue weighted by molar-refractivity contribution is 6.74. The highest BCUT2D eigenvalue weighted by atomic mass is 28.4. The first-order chi connectivity index (χ1) is 18.0. The Labute approximate surface area is 229 Å². The van der Waals surface area contributed by atoms with E-state index in [0.29, 0.717) is 6.04 Å². The van der Waals surface area contributed by atoms with Gasteiger partial charge < -0.3 is 13.7 Å². The van der Waals surface area contributed by atoms with Gasteiger partial charge in [0.1, 0.15) is 0 Å². The van der Waals surface area contributed by atoms with Gasteiger partial charge in [-0.3, -0.25) is 4.90 Å². The zero-order valence-electron chi connectivity index (χ0n) is 24.2. The number of carbonyl (C=O) groups excluding carboxylic acids is 1. The number of aryl methyl sites for hydroxylation is 2. The van der Waals surface area contributed by atoms with Crippen LogP contribution in [0.25, 0.3) is 17.0 Å². The topological polar surface area (TPSA) is 43.7 Å². The van der Waals surface area contributed by atoms with Gasteiger partial charge in [-0.15, -0.1) is 0 Å². The Morgan fingerprint density at radius 2 is 1.92 bits per heavy atom. The predicted molar refractivity (Wildman–Crippen MR) is 160 cm³/mol. The van der Waals surface area contributed by atoms with Crippen molar-refractivity contribution in [3.63, 3.8) is 0 Å². The van der Waals surface area contributed by atoms with E-state index in [0.717, 1.165) is 44.6 Å². The summed E-state index contributed by atoms with van der Waals surface area (Å²) in [7, 11) is -0.405. The maximum absolute atomic E-state index is 11.5. The number of carbonyl (C=O) groups is 1. The second-order valence-corrected chi connectivity index (χ2v) is 16.8. The lowest BCUT2D eigenvalue weighted by molar-refractivity contribution is -0.134. The highest BCUT2D eigenvalue weighted by Gasteiger charge is 2.37. The third-order valence-electron chi connectivity index (χ3n) is 8.53. The van der Waals surface area contributed by atoms with Crippen molar-refractivity contribution in [1.29, 1.82) is 0 Å². The van der Waals surface area contributed by atoms with E-state index in [-0.39, 0.29) is 11.0 Å². The van der Waals surface area contributed by atoms with E-state index in [9.17, 15) is 4.79 Å². The van der Waals surface area contributed by atoms with Gasteiger partial charge in [-0.25, -0.2) is 4.79 Å². The summed E-state index contributed by atoms with van der Waals surface area (Å²) >= 11 is 0. The van der Waals surface area contributed by atoms with Crippen LogP contribution >= 0.6 is 0 Å². The molecule has 4 rings (SSSR count). The SMILES string of the molecule is COC(=O)C=Cc1ccc2c(c1)CCC2N(CCO[Si](C)(C)C(C)(C)C)CCn1cc(C)c2ccccc21. The Morgan fingerprint density at radius 1 is 1.16 bits per heavy atom. The van der Waals surface area contributed by atoms with Crippen molar-refractivity contribution >= 4 is 31.3 Å². The van der Waals surface area contributed by atoms with Crippen molar-refractivity contribution in [2.75, 3.05) is 26.8 Å². The summed E-state index contributed by atoms with van der Waals surface area (Å²) in [5.74, 6) is -0.330. The Morgan fingerprint density at radius 3 is 2.66 bits per heavy atom. The van der Waals surface area contributed by atoms with E-state index >= 15 is 0 Å². The van der Waals surface area contributed by atoms with E-state index in [1.54, 1.807) is 0 Å². The summed E-state index contributed by atoms with van der Waals surface area (Å²) < 4.78 is 13.8. The zero-order chi connectivity index (χ0) is 27.5. The van der Waals surface area contributed by atoms with Gasteiger partial charge in [-0.1, -0.05) is 57.2 Å². The summed E-state index contributed by atoms with van der Waals surface area (Å²) in [5, 5.41) is 1.53. The smallest absolute Gasteiger partial charge is 0.330 e. The van der Waals surface area contributed by atoms with Gasteiger partial charge in [0, 0.05) is 55.5 Å². The lowest BCUT2D eigenvalue weighted by Gasteiger charge is -2.37. The molecule has 1 aromatic heterocycles. The van der Waals surface area contributed by atoms with Gasteiger partial charge in [-0.05, 0) is 72.3 Å². The summed E-state index contributed by atoms with van der Waals surface area (Å²) in [6, 6.07) is 15.6. The summed E-state index contributed by atoms with van der Waals surface area (Å²) in [4.78, 5) is 14.2. The molecule has 1 heterocycles. The number of para-hydroxylation sites is 1. The number of ether oxygens (including phenoxy) is 1. The monoisotopic (exact) mass is 532 g/mol. The van der Waals surface area contributed by atoms with Crippen LogP contribution in [0.3, 0.4) is 0 Å². The fourth-order valence-corrected chi connectivity index (χ4v) is 6.27. The van der Waals surface area contributed by atoms with Gasteiger partial charge in [0.05, 0.1) is 7.11 Å². The van der Waals surface area contributed by atoms with Crippen LogP contribution in [0.15, 0.2) is 54.7 Å². The standard InChI is InChI=1S/C32H44N2O3Si/c1-24-23-34(29-11-9-8-10-27(24)29)19-18-33(20-21-37-38(6,7)32(2,3)4)30-16-14-26-22-25(12-15-28(26)30)13-17-31(35)36-5/h8-13,15,17,22-23,30H,14,16,18-21H2,1-7H3. The van der Waals surface area contributed by atoms with Gasteiger partial charge in [0.25, 0.3) is 0 Å². The largest absolute Gasteiger partial charge is 0.466 e. The van der Waals surface area contributed by atoms with Crippen molar-refractivity contribution < 1.29 is 14.0 Å². The summed E-state index contributed by atoms with van der Waals surface area (Å²) in [5.41, 5.74) is 6.45. The van der Waals surface area contributed by atoms with E-state index in [4.69, 9.17) is 9.16 Å². The Kier molecular flexibility index (Phi) is 8.65. The molecule has 204 valence electrons. The number of aromatic nitrogens is 1. The Bertz CT molecular complexity index is 1300. The van der Waals surface area contributed by atoms with Crippen molar-refractivity contribution in [2.45, 2.75) is 71.3 Å². The molecular formula is C32H44N2O3Si. The number of nitrogens with zero attached hydrogens (tertiary/aromatic N) is 2. The minimum atomic E-state index is -1.81. The third-order valence-corrected chi connectivity index (χ3v) is 13.1. The van der Waals surface area contributed by atoms with E-state index < -0.39 is 8.32 Å². The molecule has 1 atom stereocenters. The lowest BCUT2D eigenvalue weighted by atomic mass is 10.0. The van der Waals surface area contributed by atoms with Crippen LogP contribution in [0, 0.1) is 6.92 Å². The quantitative estimate of drug-likeness (QED) is 0.158. The molecule has 2 aromatic carbocycles. The predicted octanol–water partition coefficient (Wildman–Crippen LogP) is 7.15.